The van der Waals surface area contributed by atoms with Crippen LogP contribution in [0.5, 0.6) is 5.75 Å². The van der Waals surface area contributed by atoms with Gasteiger partial charge in [-0.1, -0.05) is 25.8 Å². The molecule has 2 aromatic rings. The number of aromatic nitrogens is 1. The Morgan fingerprint density at radius 2 is 1.81 bits per heavy atom. The van der Waals surface area contributed by atoms with Gasteiger partial charge in [-0.25, -0.2) is 0 Å². The van der Waals surface area contributed by atoms with Crippen molar-refractivity contribution in [1.29, 1.82) is 0 Å². The Kier molecular flexibility index (Phi) is 8.01. The van der Waals surface area contributed by atoms with Crippen LogP contribution in [-0.2, 0) is 16.1 Å². The molecule has 1 aliphatic heterocycles. The highest BCUT2D eigenvalue weighted by molar-refractivity contribution is 5.80. The highest BCUT2D eigenvalue weighted by Crippen LogP contribution is 2.31. The molecule has 1 saturated heterocycles. The predicted molar refractivity (Wildman–Crippen MR) is 128 cm³/mol. The van der Waals surface area contributed by atoms with Gasteiger partial charge in [0.1, 0.15) is 5.75 Å². The lowest BCUT2D eigenvalue weighted by Gasteiger charge is -2.30. The fourth-order valence-electron chi connectivity index (χ4n) is 5.26. The maximum atomic E-state index is 11.9. The van der Waals surface area contributed by atoms with Crippen LogP contribution in [0.15, 0.2) is 30.3 Å². The molecule has 0 spiro atoms. The maximum Gasteiger partial charge on any atom is 0.309 e. The molecule has 2 fully saturated rings. The normalized spacial score (nSPS) is 22.7. The first-order valence-electron chi connectivity index (χ1n) is 12.6. The van der Waals surface area contributed by atoms with Gasteiger partial charge in [-0.2, -0.15) is 0 Å². The Balaban J connectivity index is 1.30. The summed E-state index contributed by atoms with van der Waals surface area (Å²) in [5.74, 6) is 1.88. The van der Waals surface area contributed by atoms with Crippen molar-refractivity contribution in [2.75, 3.05) is 19.7 Å². The van der Waals surface area contributed by atoms with Gasteiger partial charge in [-0.05, 0) is 88.7 Å². The van der Waals surface area contributed by atoms with Crippen LogP contribution in [0.25, 0.3) is 10.9 Å². The lowest BCUT2D eigenvalue weighted by atomic mass is 9.85. The predicted octanol–water partition coefficient (Wildman–Crippen LogP) is 5.75. The molecule has 4 rings (SSSR count). The largest absolute Gasteiger partial charge is 0.490 e. The van der Waals surface area contributed by atoms with Crippen molar-refractivity contribution in [3.8, 4) is 5.75 Å². The average Bonchev–Trinajstić information content (AvgIpc) is 2.81. The summed E-state index contributed by atoms with van der Waals surface area (Å²) in [5, 5.41) is 1.13. The van der Waals surface area contributed by atoms with Gasteiger partial charge in [-0.15, -0.1) is 0 Å². The van der Waals surface area contributed by atoms with Gasteiger partial charge in [-0.3, -0.25) is 14.7 Å². The number of fused-ring (bicyclic) bond motifs is 1. The van der Waals surface area contributed by atoms with Gasteiger partial charge in [0, 0.05) is 11.9 Å². The van der Waals surface area contributed by atoms with Gasteiger partial charge >= 0.3 is 5.97 Å². The van der Waals surface area contributed by atoms with Crippen molar-refractivity contribution in [3.05, 3.63) is 36.0 Å². The van der Waals surface area contributed by atoms with E-state index in [1.807, 2.05) is 6.92 Å². The first-order valence-corrected chi connectivity index (χ1v) is 12.6. The van der Waals surface area contributed by atoms with Crippen molar-refractivity contribution in [2.24, 2.45) is 11.8 Å². The van der Waals surface area contributed by atoms with E-state index >= 15 is 0 Å². The second-order valence-corrected chi connectivity index (χ2v) is 9.51. The molecule has 2 aliphatic rings. The van der Waals surface area contributed by atoms with Crippen molar-refractivity contribution >= 4 is 16.9 Å². The molecule has 0 radical (unpaired) electrons. The second kappa shape index (κ2) is 11.1. The van der Waals surface area contributed by atoms with Crippen molar-refractivity contribution in [2.45, 2.75) is 77.9 Å². The quantitative estimate of drug-likeness (QED) is 0.491. The molecular formula is C27H38N2O3. The summed E-state index contributed by atoms with van der Waals surface area (Å²) in [4.78, 5) is 19.2. The number of carbonyl (C=O) groups is 1. The molecule has 0 bridgehead atoms. The number of likely N-dealkylation sites (tertiary alicyclic amines) is 1. The van der Waals surface area contributed by atoms with E-state index in [1.165, 1.54) is 38.5 Å². The monoisotopic (exact) mass is 438 g/mol. The Morgan fingerprint density at radius 1 is 1.03 bits per heavy atom. The fraction of sp³-hybridized carbons (Fsp3) is 0.630. The molecule has 0 amide bonds. The van der Waals surface area contributed by atoms with Crippen LogP contribution in [0.3, 0.4) is 0 Å². The van der Waals surface area contributed by atoms with E-state index in [0.717, 1.165) is 60.7 Å². The van der Waals surface area contributed by atoms with Crippen LogP contribution in [0.2, 0.25) is 0 Å². The number of hydrogen-bond acceptors (Lipinski definition) is 5. The highest BCUT2D eigenvalue weighted by Gasteiger charge is 2.26. The van der Waals surface area contributed by atoms with Crippen LogP contribution in [0, 0.1) is 11.8 Å². The van der Waals surface area contributed by atoms with Crippen molar-refractivity contribution in [1.82, 2.24) is 9.88 Å². The minimum atomic E-state index is -0.0389. The third kappa shape index (κ3) is 6.00. The molecule has 2 heterocycles. The fourth-order valence-corrected chi connectivity index (χ4v) is 5.26. The Bertz CT molecular complexity index is 884. The van der Waals surface area contributed by atoms with Crippen molar-refractivity contribution < 1.29 is 14.3 Å². The average molecular weight is 439 g/mol. The van der Waals surface area contributed by atoms with E-state index in [0.29, 0.717) is 12.7 Å². The smallest absolute Gasteiger partial charge is 0.309 e. The third-order valence-electron chi connectivity index (χ3n) is 7.10. The zero-order chi connectivity index (χ0) is 22.3. The first-order chi connectivity index (χ1) is 15.6. The minimum Gasteiger partial charge on any atom is -0.490 e. The number of nitrogens with zero attached hydrogens (tertiary/aromatic N) is 2. The molecule has 174 valence electrons. The molecule has 1 aromatic carbocycles. The number of rotatable bonds is 8. The van der Waals surface area contributed by atoms with E-state index in [9.17, 15) is 4.79 Å². The van der Waals surface area contributed by atoms with E-state index < -0.39 is 0 Å². The van der Waals surface area contributed by atoms with E-state index in [2.05, 4.69) is 42.2 Å². The summed E-state index contributed by atoms with van der Waals surface area (Å²) >= 11 is 0. The minimum absolute atomic E-state index is 0.0389. The standard InChI is InChI=1S/C27H38N2O3/c1-3-5-20-6-10-24(11-7-20)32-25-12-13-26-22(18-25)8-9-23(28-26)19-29-16-14-21(15-17-29)27(30)31-4-2/h8-9,12-13,18,20-21,24H,3-7,10-11,14-17,19H2,1-2H3. The Labute approximate surface area is 192 Å². The summed E-state index contributed by atoms with van der Waals surface area (Å²) in [6.45, 7) is 7.27. The number of esters is 1. The molecule has 0 N–H and O–H groups in total. The first kappa shape index (κ1) is 23.0. The van der Waals surface area contributed by atoms with Crippen LogP contribution >= 0.6 is 0 Å². The number of hydrogen-bond donors (Lipinski definition) is 0. The van der Waals surface area contributed by atoms with Gasteiger partial charge < -0.3 is 9.47 Å². The zero-order valence-corrected chi connectivity index (χ0v) is 19.7. The summed E-state index contributed by atoms with van der Waals surface area (Å²) in [6.07, 6.45) is 9.69. The van der Waals surface area contributed by atoms with E-state index in [-0.39, 0.29) is 11.9 Å². The molecule has 1 saturated carbocycles. The molecular weight excluding hydrogens is 400 g/mol. The number of benzene rings is 1. The SMILES string of the molecule is CCCC1CCC(Oc2ccc3nc(CN4CCC(C(=O)OCC)CC4)ccc3c2)CC1. The number of piperidine rings is 1. The van der Waals surface area contributed by atoms with Crippen LogP contribution in [-0.4, -0.2) is 41.7 Å². The van der Waals surface area contributed by atoms with Gasteiger partial charge in [0.05, 0.1) is 29.8 Å². The van der Waals surface area contributed by atoms with Crippen LogP contribution < -0.4 is 4.74 Å². The van der Waals surface area contributed by atoms with E-state index in [4.69, 9.17) is 14.5 Å². The molecule has 5 heteroatoms. The molecule has 0 atom stereocenters. The van der Waals surface area contributed by atoms with Gasteiger partial charge in [0.15, 0.2) is 0 Å². The molecule has 1 aromatic heterocycles. The lowest BCUT2D eigenvalue weighted by molar-refractivity contribution is -0.149. The lowest BCUT2D eigenvalue weighted by Crippen LogP contribution is -2.36. The van der Waals surface area contributed by atoms with Gasteiger partial charge in [0.2, 0.25) is 0 Å². The second-order valence-electron chi connectivity index (χ2n) is 9.51. The number of pyridine rings is 1. The Hall–Kier alpha value is -2.14. The molecule has 32 heavy (non-hydrogen) atoms. The highest BCUT2D eigenvalue weighted by atomic mass is 16.5. The molecule has 1 aliphatic carbocycles. The van der Waals surface area contributed by atoms with Crippen molar-refractivity contribution in [3.63, 3.8) is 0 Å². The van der Waals surface area contributed by atoms with Crippen LogP contribution in [0.1, 0.15) is 70.9 Å². The number of carbonyl (C=O) groups excluding carboxylic acids is 1. The number of ether oxygens (including phenoxy) is 2. The Morgan fingerprint density at radius 3 is 2.53 bits per heavy atom. The molecule has 0 unspecified atom stereocenters. The third-order valence-corrected chi connectivity index (χ3v) is 7.10. The maximum absolute atomic E-state index is 11.9. The summed E-state index contributed by atoms with van der Waals surface area (Å²) in [7, 11) is 0. The summed E-state index contributed by atoms with van der Waals surface area (Å²) in [6, 6.07) is 10.6. The molecule has 5 nitrogen and oxygen atoms in total. The van der Waals surface area contributed by atoms with Crippen LogP contribution in [0.4, 0.5) is 0 Å². The van der Waals surface area contributed by atoms with E-state index in [1.54, 1.807) is 0 Å². The topological polar surface area (TPSA) is 51.7 Å². The summed E-state index contributed by atoms with van der Waals surface area (Å²) < 4.78 is 11.5. The zero-order valence-electron chi connectivity index (χ0n) is 19.7. The summed E-state index contributed by atoms with van der Waals surface area (Å²) in [5.41, 5.74) is 2.10. The van der Waals surface area contributed by atoms with Gasteiger partial charge in [0.25, 0.3) is 0 Å².